The molecule has 2 aliphatic rings. The van der Waals surface area contributed by atoms with Gasteiger partial charge in [0.2, 0.25) is 0 Å². The van der Waals surface area contributed by atoms with Crippen LogP contribution in [-0.2, 0) is 4.74 Å². The molecule has 1 aliphatic heterocycles. The number of hydrogen-bond donors (Lipinski definition) is 1. The second kappa shape index (κ2) is 4.24. The maximum atomic E-state index is 5.77. The van der Waals surface area contributed by atoms with Crippen LogP contribution in [0.1, 0.15) is 32.1 Å². The molecule has 1 aliphatic carbocycles. The van der Waals surface area contributed by atoms with Gasteiger partial charge in [-0.25, -0.2) is 0 Å². The van der Waals surface area contributed by atoms with E-state index in [-0.39, 0.29) is 0 Å². The van der Waals surface area contributed by atoms with Crippen LogP contribution in [0.5, 0.6) is 0 Å². The molecule has 0 aromatic rings. The zero-order valence-corrected chi connectivity index (χ0v) is 7.72. The van der Waals surface area contributed by atoms with Crippen LogP contribution >= 0.6 is 0 Å². The quantitative estimate of drug-likeness (QED) is 0.689. The van der Waals surface area contributed by atoms with Gasteiger partial charge in [-0.15, -0.1) is 0 Å². The highest BCUT2D eigenvalue weighted by atomic mass is 16.5. The van der Waals surface area contributed by atoms with Crippen molar-refractivity contribution in [1.29, 1.82) is 0 Å². The zero-order valence-electron chi connectivity index (χ0n) is 7.72. The van der Waals surface area contributed by atoms with E-state index >= 15 is 0 Å². The van der Waals surface area contributed by atoms with Crippen LogP contribution in [0.2, 0.25) is 0 Å². The molecule has 0 aromatic carbocycles. The van der Waals surface area contributed by atoms with Crippen LogP contribution in [0.3, 0.4) is 0 Å². The lowest BCUT2D eigenvalue weighted by atomic mass is 10.1. The van der Waals surface area contributed by atoms with Crippen molar-refractivity contribution < 1.29 is 4.74 Å². The summed E-state index contributed by atoms with van der Waals surface area (Å²) >= 11 is 0. The normalized spacial score (nSPS) is 30.5. The second-order valence-corrected chi connectivity index (χ2v) is 4.07. The Balaban J connectivity index is 1.52. The maximum Gasteiger partial charge on any atom is 0.0699 e. The summed E-state index contributed by atoms with van der Waals surface area (Å²) in [6.07, 6.45) is 7.26. The summed E-state index contributed by atoms with van der Waals surface area (Å²) in [6, 6.07) is 0. The highest BCUT2D eigenvalue weighted by Gasteiger charge is 2.21. The molecule has 1 heterocycles. The van der Waals surface area contributed by atoms with Crippen LogP contribution in [0, 0.1) is 5.92 Å². The first-order valence-corrected chi connectivity index (χ1v) is 5.27. The van der Waals surface area contributed by atoms with Gasteiger partial charge in [0, 0.05) is 13.2 Å². The topological polar surface area (TPSA) is 21.3 Å². The SMILES string of the molecule is C1CNCC(OCCC2CC2)C1. The first-order chi connectivity index (χ1) is 5.95. The summed E-state index contributed by atoms with van der Waals surface area (Å²) in [6.45, 7) is 3.25. The Morgan fingerprint density at radius 2 is 2.17 bits per heavy atom. The Morgan fingerprint density at radius 3 is 2.83 bits per heavy atom. The van der Waals surface area contributed by atoms with Crippen molar-refractivity contribution in [1.82, 2.24) is 5.32 Å². The molecule has 0 bridgehead atoms. The summed E-state index contributed by atoms with van der Waals surface area (Å²) in [7, 11) is 0. The van der Waals surface area contributed by atoms with E-state index < -0.39 is 0 Å². The van der Waals surface area contributed by atoms with Crippen molar-refractivity contribution in [2.45, 2.75) is 38.2 Å². The number of hydrogen-bond acceptors (Lipinski definition) is 2. The fraction of sp³-hybridized carbons (Fsp3) is 1.00. The molecule has 1 saturated carbocycles. The first-order valence-electron chi connectivity index (χ1n) is 5.27. The minimum atomic E-state index is 0.512. The van der Waals surface area contributed by atoms with Crippen LogP contribution in [-0.4, -0.2) is 25.8 Å². The third kappa shape index (κ3) is 2.76. The molecule has 0 spiro atoms. The van der Waals surface area contributed by atoms with Gasteiger partial charge in [-0.3, -0.25) is 0 Å². The molecule has 2 nitrogen and oxygen atoms in total. The lowest BCUT2D eigenvalue weighted by Crippen LogP contribution is -2.35. The fourth-order valence-corrected chi connectivity index (χ4v) is 1.77. The minimum absolute atomic E-state index is 0.512. The van der Waals surface area contributed by atoms with Crippen molar-refractivity contribution in [2.75, 3.05) is 19.7 Å². The molecule has 1 N–H and O–H groups in total. The van der Waals surface area contributed by atoms with E-state index in [1.165, 1.54) is 38.6 Å². The summed E-state index contributed by atoms with van der Waals surface area (Å²) in [5.41, 5.74) is 0. The molecule has 0 radical (unpaired) electrons. The average molecular weight is 169 g/mol. The van der Waals surface area contributed by atoms with Crippen molar-refractivity contribution in [2.24, 2.45) is 5.92 Å². The smallest absolute Gasteiger partial charge is 0.0699 e. The van der Waals surface area contributed by atoms with E-state index in [2.05, 4.69) is 5.32 Å². The van der Waals surface area contributed by atoms with Crippen LogP contribution in [0.25, 0.3) is 0 Å². The van der Waals surface area contributed by atoms with E-state index in [1.807, 2.05) is 0 Å². The van der Waals surface area contributed by atoms with E-state index in [4.69, 9.17) is 4.74 Å². The third-order valence-corrected chi connectivity index (χ3v) is 2.83. The van der Waals surface area contributed by atoms with Crippen molar-refractivity contribution in [3.05, 3.63) is 0 Å². The third-order valence-electron chi connectivity index (χ3n) is 2.83. The molecule has 1 atom stereocenters. The largest absolute Gasteiger partial charge is 0.377 e. The monoisotopic (exact) mass is 169 g/mol. The summed E-state index contributed by atoms with van der Waals surface area (Å²) in [5, 5.41) is 3.36. The van der Waals surface area contributed by atoms with Gasteiger partial charge in [0.05, 0.1) is 6.10 Å². The highest BCUT2D eigenvalue weighted by molar-refractivity contribution is 4.73. The van der Waals surface area contributed by atoms with Gasteiger partial charge in [0.15, 0.2) is 0 Å². The highest BCUT2D eigenvalue weighted by Crippen LogP contribution is 2.32. The van der Waals surface area contributed by atoms with Gasteiger partial charge in [-0.05, 0) is 31.7 Å². The zero-order chi connectivity index (χ0) is 8.23. The van der Waals surface area contributed by atoms with E-state index in [1.54, 1.807) is 0 Å². The predicted molar refractivity (Wildman–Crippen MR) is 49.2 cm³/mol. The Morgan fingerprint density at radius 1 is 1.25 bits per heavy atom. The van der Waals surface area contributed by atoms with Gasteiger partial charge in [0.25, 0.3) is 0 Å². The summed E-state index contributed by atoms with van der Waals surface area (Å²) in [4.78, 5) is 0. The van der Waals surface area contributed by atoms with Gasteiger partial charge in [-0.2, -0.15) is 0 Å². The Kier molecular flexibility index (Phi) is 3.01. The van der Waals surface area contributed by atoms with Crippen LogP contribution in [0.15, 0.2) is 0 Å². The van der Waals surface area contributed by atoms with Crippen LogP contribution in [0.4, 0.5) is 0 Å². The van der Waals surface area contributed by atoms with Crippen LogP contribution < -0.4 is 5.32 Å². The molecule has 1 saturated heterocycles. The first kappa shape index (κ1) is 8.52. The van der Waals surface area contributed by atoms with Gasteiger partial charge in [-0.1, -0.05) is 12.8 Å². The predicted octanol–water partition coefficient (Wildman–Crippen LogP) is 1.56. The standard InChI is InChI=1S/C10H19NO/c1-2-10(8-11-6-1)12-7-5-9-3-4-9/h9-11H,1-8H2. The van der Waals surface area contributed by atoms with Gasteiger partial charge >= 0.3 is 0 Å². The number of ether oxygens (including phenoxy) is 1. The van der Waals surface area contributed by atoms with Gasteiger partial charge < -0.3 is 10.1 Å². The summed E-state index contributed by atoms with van der Waals surface area (Å²) < 4.78 is 5.77. The van der Waals surface area contributed by atoms with E-state index in [0.717, 1.165) is 19.1 Å². The number of piperidine rings is 1. The van der Waals surface area contributed by atoms with E-state index in [9.17, 15) is 0 Å². The molecule has 70 valence electrons. The minimum Gasteiger partial charge on any atom is -0.377 e. The van der Waals surface area contributed by atoms with Crippen molar-refractivity contribution in [3.8, 4) is 0 Å². The number of rotatable bonds is 4. The van der Waals surface area contributed by atoms with Crippen molar-refractivity contribution >= 4 is 0 Å². The molecular formula is C10H19NO. The molecule has 12 heavy (non-hydrogen) atoms. The average Bonchev–Trinajstić information content (AvgIpc) is 2.90. The molecule has 1 unspecified atom stereocenters. The fourth-order valence-electron chi connectivity index (χ4n) is 1.77. The molecule has 2 heteroatoms. The lowest BCUT2D eigenvalue weighted by Gasteiger charge is -2.22. The number of nitrogens with one attached hydrogen (secondary N) is 1. The molecule has 2 fully saturated rings. The second-order valence-electron chi connectivity index (χ2n) is 4.07. The molecular weight excluding hydrogens is 150 g/mol. The van der Waals surface area contributed by atoms with E-state index in [0.29, 0.717) is 6.10 Å². The maximum absolute atomic E-state index is 5.77. The van der Waals surface area contributed by atoms with Gasteiger partial charge in [0.1, 0.15) is 0 Å². The Bertz CT molecular complexity index is 128. The Labute approximate surface area is 74.7 Å². The van der Waals surface area contributed by atoms with Crippen molar-refractivity contribution in [3.63, 3.8) is 0 Å². The molecule has 0 aromatic heterocycles. The lowest BCUT2D eigenvalue weighted by molar-refractivity contribution is 0.0337. The summed E-state index contributed by atoms with van der Waals surface area (Å²) in [5.74, 6) is 1.02. The Hall–Kier alpha value is -0.0800. The molecule has 2 rings (SSSR count). The molecule has 0 amide bonds.